The maximum absolute atomic E-state index is 2.42. The highest BCUT2D eigenvalue weighted by atomic mass is 35.5. The van der Waals surface area contributed by atoms with E-state index in [0.29, 0.717) is 0 Å². The Balaban J connectivity index is 0.00000900. The molecule has 1 rings (SSSR count). The van der Waals surface area contributed by atoms with Crippen molar-refractivity contribution in [1.29, 1.82) is 0 Å². The first kappa shape index (κ1) is 30.5. The molecule has 182 valence electrons. The lowest BCUT2D eigenvalue weighted by molar-refractivity contribution is -0.928. The zero-order chi connectivity index (χ0) is 21.9. The van der Waals surface area contributed by atoms with Gasteiger partial charge in [-0.05, 0) is 19.3 Å². The lowest BCUT2D eigenvalue weighted by Crippen LogP contribution is -3.00. The minimum absolute atomic E-state index is 0. The van der Waals surface area contributed by atoms with Crippen molar-refractivity contribution < 1.29 is 16.9 Å². The fraction of sp³-hybridized carbons (Fsp3) is 0.793. The van der Waals surface area contributed by atoms with Crippen LogP contribution in [-0.4, -0.2) is 24.6 Å². The Kier molecular flexibility index (Phi) is 19.8. The first-order valence-corrected chi connectivity index (χ1v) is 13.5. The van der Waals surface area contributed by atoms with Gasteiger partial charge in [-0.3, -0.25) is 0 Å². The molecule has 1 aromatic carbocycles. The van der Waals surface area contributed by atoms with Crippen molar-refractivity contribution in [3.63, 3.8) is 0 Å². The maximum Gasteiger partial charge on any atom is 0.104 e. The molecule has 0 saturated carbocycles. The van der Waals surface area contributed by atoms with Gasteiger partial charge < -0.3 is 16.9 Å². The fourth-order valence-electron chi connectivity index (χ4n) is 4.98. The second kappa shape index (κ2) is 20.1. The number of hydrogen-bond donors (Lipinski definition) is 0. The van der Waals surface area contributed by atoms with Crippen LogP contribution in [0, 0.1) is 0 Å². The zero-order valence-electron chi connectivity index (χ0n) is 21.5. The van der Waals surface area contributed by atoms with Crippen LogP contribution in [0.5, 0.6) is 0 Å². The minimum atomic E-state index is 0. The average Bonchev–Trinajstić information content (AvgIpc) is 2.73. The van der Waals surface area contributed by atoms with E-state index in [2.05, 4.69) is 58.3 Å². The molecule has 0 heterocycles. The molecule has 0 saturated heterocycles. The summed E-state index contributed by atoms with van der Waals surface area (Å²) in [6, 6.07) is 11.8. The molecule has 1 nitrogen and oxygen atoms in total. The number of nitrogens with zero attached hydrogens (tertiary/aromatic N) is 1. The predicted molar refractivity (Wildman–Crippen MR) is 136 cm³/mol. The molecule has 0 fully saturated rings. The topological polar surface area (TPSA) is 0 Å². The van der Waals surface area contributed by atoms with Crippen LogP contribution in [0.4, 0.5) is 0 Å². The highest BCUT2D eigenvalue weighted by molar-refractivity contribution is 5.13. The first-order valence-electron chi connectivity index (χ1n) is 13.5. The zero-order valence-corrected chi connectivity index (χ0v) is 22.3. The molecule has 31 heavy (non-hydrogen) atoms. The third-order valence-electron chi connectivity index (χ3n) is 7.03. The fourth-order valence-corrected chi connectivity index (χ4v) is 4.98. The quantitative estimate of drug-likeness (QED) is 0.161. The molecule has 0 radical (unpaired) electrons. The van der Waals surface area contributed by atoms with Gasteiger partial charge in [-0.25, -0.2) is 0 Å². The molecule has 0 aromatic heterocycles. The molecule has 0 spiro atoms. The van der Waals surface area contributed by atoms with Crippen molar-refractivity contribution in [3.8, 4) is 0 Å². The van der Waals surface area contributed by atoms with Crippen LogP contribution in [0.15, 0.2) is 30.3 Å². The third-order valence-corrected chi connectivity index (χ3v) is 7.03. The molecule has 0 aliphatic heterocycles. The molecule has 0 bridgehead atoms. The summed E-state index contributed by atoms with van der Waals surface area (Å²) < 4.78 is 1.12. The molecule has 0 N–H and O–H groups in total. The van der Waals surface area contributed by atoms with Crippen molar-refractivity contribution in [2.75, 3.05) is 14.1 Å². The number of benzene rings is 1. The number of quaternary nitrogens is 1. The highest BCUT2D eigenvalue weighted by Crippen LogP contribution is 2.22. The van der Waals surface area contributed by atoms with Crippen molar-refractivity contribution in [3.05, 3.63) is 35.9 Å². The lowest BCUT2D eigenvalue weighted by Gasteiger charge is -2.38. The van der Waals surface area contributed by atoms with Gasteiger partial charge in [0.05, 0.1) is 20.1 Å². The largest absolute Gasteiger partial charge is 1.00 e. The van der Waals surface area contributed by atoms with Crippen LogP contribution in [0.1, 0.15) is 129 Å². The van der Waals surface area contributed by atoms with E-state index in [-0.39, 0.29) is 12.4 Å². The van der Waals surface area contributed by atoms with Gasteiger partial charge in [0, 0.05) is 5.56 Å². The number of unbranched alkanes of at least 4 members (excludes halogenated alkanes) is 14. The van der Waals surface area contributed by atoms with Gasteiger partial charge in [0.2, 0.25) is 0 Å². The number of halogens is 1. The van der Waals surface area contributed by atoms with Crippen molar-refractivity contribution in [2.24, 2.45) is 0 Å². The van der Waals surface area contributed by atoms with Gasteiger partial charge >= 0.3 is 0 Å². The van der Waals surface area contributed by atoms with E-state index in [9.17, 15) is 0 Å². The first-order chi connectivity index (χ1) is 14.6. The Morgan fingerprint density at radius 1 is 0.613 bits per heavy atom. The van der Waals surface area contributed by atoms with Crippen LogP contribution >= 0.6 is 0 Å². The van der Waals surface area contributed by atoms with Crippen LogP contribution in [0.3, 0.4) is 0 Å². The van der Waals surface area contributed by atoms with E-state index >= 15 is 0 Å². The van der Waals surface area contributed by atoms with Gasteiger partial charge in [0.15, 0.2) is 0 Å². The molecule has 1 unspecified atom stereocenters. The molecule has 0 amide bonds. The molecule has 1 aromatic rings. The van der Waals surface area contributed by atoms with E-state index in [4.69, 9.17) is 0 Å². The Morgan fingerprint density at radius 3 is 1.45 bits per heavy atom. The van der Waals surface area contributed by atoms with Crippen LogP contribution in [-0.2, 0) is 6.54 Å². The molecule has 0 aliphatic carbocycles. The summed E-state index contributed by atoms with van der Waals surface area (Å²) in [5, 5.41) is 0. The van der Waals surface area contributed by atoms with Gasteiger partial charge in [-0.1, -0.05) is 134 Å². The summed E-state index contributed by atoms with van der Waals surface area (Å²) in [4.78, 5) is 0. The summed E-state index contributed by atoms with van der Waals surface area (Å²) in [5.74, 6) is 0. The van der Waals surface area contributed by atoms with Crippen LogP contribution in [0.2, 0.25) is 0 Å². The molecular weight excluding hydrogens is 398 g/mol. The molecule has 1 atom stereocenters. The van der Waals surface area contributed by atoms with Gasteiger partial charge in [0.1, 0.15) is 6.54 Å². The van der Waals surface area contributed by atoms with Crippen molar-refractivity contribution >= 4 is 0 Å². The van der Waals surface area contributed by atoms with E-state index in [1.807, 2.05) is 0 Å². The Morgan fingerprint density at radius 2 is 1.03 bits per heavy atom. The Labute approximate surface area is 202 Å². The summed E-state index contributed by atoms with van der Waals surface area (Å²) in [5.41, 5.74) is 1.47. The van der Waals surface area contributed by atoms with Gasteiger partial charge in [0.25, 0.3) is 0 Å². The summed E-state index contributed by atoms with van der Waals surface area (Å²) in [7, 11) is 4.85. The summed E-state index contributed by atoms with van der Waals surface area (Å²) in [6.07, 6.45) is 24.4. The van der Waals surface area contributed by atoms with E-state index in [1.165, 1.54) is 115 Å². The minimum Gasteiger partial charge on any atom is -1.00 e. The Hall–Kier alpha value is -0.530. The smallest absolute Gasteiger partial charge is 0.104 e. The average molecular weight is 452 g/mol. The standard InChI is InChI=1S/C29H54N.ClH/c1-5-7-8-9-10-11-12-13-14-15-16-17-18-19-23-26-29(6-2)30(3,4)27-28-24-21-20-22-25-28;/h20-22,24-25,29H,5-19,23,26-27H2,1-4H3;1H/q+1;/p-1. The second-order valence-electron chi connectivity index (χ2n) is 10.2. The monoisotopic (exact) mass is 451 g/mol. The normalized spacial score (nSPS) is 12.5. The lowest BCUT2D eigenvalue weighted by atomic mass is 10.00. The number of hydrogen-bond acceptors (Lipinski definition) is 0. The SMILES string of the molecule is CCCCCCCCCCCCCCCCCC(CC)[N+](C)(C)Cc1ccccc1.[Cl-]. The number of rotatable bonds is 20. The van der Waals surface area contributed by atoms with E-state index < -0.39 is 0 Å². The Bertz CT molecular complexity index is 485. The maximum atomic E-state index is 2.42. The van der Waals surface area contributed by atoms with Crippen LogP contribution < -0.4 is 12.4 Å². The van der Waals surface area contributed by atoms with Crippen molar-refractivity contribution in [2.45, 2.75) is 136 Å². The summed E-state index contributed by atoms with van der Waals surface area (Å²) >= 11 is 0. The second-order valence-corrected chi connectivity index (χ2v) is 10.2. The predicted octanol–water partition coefficient (Wildman–Crippen LogP) is 6.31. The van der Waals surface area contributed by atoms with Gasteiger partial charge in [-0.2, -0.15) is 0 Å². The third kappa shape index (κ3) is 15.8. The highest BCUT2D eigenvalue weighted by Gasteiger charge is 2.26. The van der Waals surface area contributed by atoms with E-state index in [1.54, 1.807) is 0 Å². The molecular formula is C29H54ClN. The molecule has 0 aliphatic rings. The summed E-state index contributed by atoms with van der Waals surface area (Å²) in [6.45, 7) is 5.83. The van der Waals surface area contributed by atoms with E-state index in [0.717, 1.165) is 17.1 Å². The van der Waals surface area contributed by atoms with Crippen LogP contribution in [0.25, 0.3) is 0 Å². The van der Waals surface area contributed by atoms with Crippen molar-refractivity contribution in [1.82, 2.24) is 0 Å². The molecule has 2 heteroatoms. The van der Waals surface area contributed by atoms with Gasteiger partial charge in [-0.15, -0.1) is 0 Å².